The number of carbonyl (C=O) groups excluding carboxylic acids is 2. The van der Waals surface area contributed by atoms with Gasteiger partial charge in [-0.2, -0.15) is 0 Å². The Morgan fingerprint density at radius 1 is 1.35 bits per heavy atom. The third-order valence-corrected chi connectivity index (χ3v) is 3.32. The number of likely N-dealkylation sites (tertiary alicyclic amines) is 1. The molecule has 1 aromatic rings. The Balaban J connectivity index is 2.09. The molecule has 1 aliphatic heterocycles. The van der Waals surface area contributed by atoms with Crippen molar-refractivity contribution in [3.05, 3.63) is 29.8 Å². The molecular formula is C14H16N2O4. The van der Waals surface area contributed by atoms with E-state index in [0.29, 0.717) is 30.6 Å². The monoisotopic (exact) mass is 276 g/mol. The normalized spacial score (nSPS) is 17.9. The van der Waals surface area contributed by atoms with E-state index in [1.54, 1.807) is 24.3 Å². The third kappa shape index (κ3) is 2.96. The van der Waals surface area contributed by atoms with E-state index in [1.807, 2.05) is 0 Å². The summed E-state index contributed by atoms with van der Waals surface area (Å²) in [4.78, 5) is 35.7. The smallest absolute Gasteiger partial charge is 0.326 e. The zero-order valence-corrected chi connectivity index (χ0v) is 11.1. The van der Waals surface area contributed by atoms with Crippen LogP contribution in [0, 0.1) is 0 Å². The highest BCUT2D eigenvalue weighted by Gasteiger charge is 2.33. The summed E-state index contributed by atoms with van der Waals surface area (Å²) < 4.78 is 0. The van der Waals surface area contributed by atoms with Gasteiger partial charge in [0.25, 0.3) is 0 Å². The lowest BCUT2D eigenvalue weighted by atomic mass is 10.1. The molecule has 1 heterocycles. The number of nitrogens with one attached hydrogen (secondary N) is 1. The highest BCUT2D eigenvalue weighted by atomic mass is 16.4. The van der Waals surface area contributed by atoms with Crippen molar-refractivity contribution in [3.8, 4) is 0 Å². The van der Waals surface area contributed by atoms with Gasteiger partial charge in [0.2, 0.25) is 0 Å². The highest BCUT2D eigenvalue weighted by Crippen LogP contribution is 2.19. The van der Waals surface area contributed by atoms with E-state index in [1.165, 1.54) is 11.8 Å². The summed E-state index contributed by atoms with van der Waals surface area (Å²) in [6, 6.07) is 5.35. The molecule has 1 fully saturated rings. The van der Waals surface area contributed by atoms with Crippen LogP contribution in [0.2, 0.25) is 0 Å². The van der Waals surface area contributed by atoms with Gasteiger partial charge in [0.1, 0.15) is 6.04 Å². The SMILES string of the molecule is CC(=O)c1cccc(NC(=O)N2CCCC2C(=O)O)c1. The van der Waals surface area contributed by atoms with Crippen molar-refractivity contribution in [2.75, 3.05) is 11.9 Å². The Bertz CT molecular complexity index is 556. The molecule has 6 nitrogen and oxygen atoms in total. The number of carboxylic acid groups (broad SMARTS) is 1. The molecule has 0 aliphatic carbocycles. The molecular weight excluding hydrogens is 260 g/mol. The number of nitrogens with zero attached hydrogens (tertiary/aromatic N) is 1. The maximum atomic E-state index is 12.1. The fraction of sp³-hybridized carbons (Fsp3) is 0.357. The highest BCUT2D eigenvalue weighted by molar-refractivity contribution is 5.97. The van der Waals surface area contributed by atoms with Crippen LogP contribution in [0.3, 0.4) is 0 Å². The lowest BCUT2D eigenvalue weighted by Crippen LogP contribution is -2.42. The van der Waals surface area contributed by atoms with Crippen LogP contribution in [-0.2, 0) is 4.79 Å². The zero-order chi connectivity index (χ0) is 14.7. The summed E-state index contributed by atoms with van der Waals surface area (Å²) in [6.07, 6.45) is 1.15. The Hall–Kier alpha value is -2.37. The summed E-state index contributed by atoms with van der Waals surface area (Å²) in [5.74, 6) is -1.08. The van der Waals surface area contributed by atoms with E-state index in [2.05, 4.69) is 5.32 Å². The minimum Gasteiger partial charge on any atom is -0.480 e. The predicted octanol–water partition coefficient (Wildman–Crippen LogP) is 1.97. The number of Topliss-reactive ketones (excluding diaryl/α,β-unsaturated/α-hetero) is 1. The van der Waals surface area contributed by atoms with Crippen molar-refractivity contribution >= 4 is 23.5 Å². The minimum absolute atomic E-state index is 0.0920. The maximum absolute atomic E-state index is 12.1. The number of carbonyl (C=O) groups is 3. The van der Waals surface area contributed by atoms with Crippen molar-refractivity contribution in [1.82, 2.24) is 4.90 Å². The van der Waals surface area contributed by atoms with Crippen molar-refractivity contribution < 1.29 is 19.5 Å². The Morgan fingerprint density at radius 2 is 2.10 bits per heavy atom. The Morgan fingerprint density at radius 3 is 2.75 bits per heavy atom. The van der Waals surface area contributed by atoms with Gasteiger partial charge in [-0.15, -0.1) is 0 Å². The molecule has 106 valence electrons. The van der Waals surface area contributed by atoms with Gasteiger partial charge in [-0.1, -0.05) is 12.1 Å². The molecule has 2 N–H and O–H groups in total. The van der Waals surface area contributed by atoms with Crippen LogP contribution in [0.15, 0.2) is 24.3 Å². The van der Waals surface area contributed by atoms with Gasteiger partial charge < -0.3 is 15.3 Å². The summed E-state index contributed by atoms with van der Waals surface area (Å²) in [5, 5.41) is 11.7. The number of hydrogen-bond acceptors (Lipinski definition) is 3. The van der Waals surface area contributed by atoms with Crippen molar-refractivity contribution in [2.45, 2.75) is 25.8 Å². The number of ketones is 1. The largest absolute Gasteiger partial charge is 0.480 e. The van der Waals surface area contributed by atoms with Crippen LogP contribution in [0.1, 0.15) is 30.1 Å². The maximum Gasteiger partial charge on any atom is 0.326 e. The van der Waals surface area contributed by atoms with Gasteiger partial charge in [-0.05, 0) is 31.9 Å². The molecule has 1 aromatic carbocycles. The van der Waals surface area contributed by atoms with E-state index in [9.17, 15) is 14.4 Å². The van der Waals surface area contributed by atoms with Crippen LogP contribution < -0.4 is 5.32 Å². The third-order valence-electron chi connectivity index (χ3n) is 3.32. The van der Waals surface area contributed by atoms with Crippen LogP contribution in [0.25, 0.3) is 0 Å². The lowest BCUT2D eigenvalue weighted by Gasteiger charge is -2.21. The van der Waals surface area contributed by atoms with Gasteiger partial charge in [-0.25, -0.2) is 9.59 Å². The van der Waals surface area contributed by atoms with Crippen molar-refractivity contribution in [2.24, 2.45) is 0 Å². The molecule has 20 heavy (non-hydrogen) atoms. The van der Waals surface area contributed by atoms with Gasteiger partial charge in [0.15, 0.2) is 5.78 Å². The minimum atomic E-state index is -0.991. The first-order valence-corrected chi connectivity index (χ1v) is 6.40. The molecule has 2 amide bonds. The van der Waals surface area contributed by atoms with Crippen LogP contribution in [0.4, 0.5) is 10.5 Å². The Labute approximate surface area is 116 Å². The van der Waals surface area contributed by atoms with E-state index >= 15 is 0 Å². The topological polar surface area (TPSA) is 86.7 Å². The first-order valence-electron chi connectivity index (χ1n) is 6.40. The van der Waals surface area contributed by atoms with Gasteiger partial charge >= 0.3 is 12.0 Å². The molecule has 0 radical (unpaired) electrons. The van der Waals surface area contributed by atoms with Gasteiger partial charge in [0, 0.05) is 17.8 Å². The molecule has 1 unspecified atom stereocenters. The molecule has 0 bridgehead atoms. The second kappa shape index (κ2) is 5.73. The second-order valence-corrected chi connectivity index (χ2v) is 4.76. The number of amides is 2. The summed E-state index contributed by atoms with van der Waals surface area (Å²) in [5.41, 5.74) is 0.984. The first-order chi connectivity index (χ1) is 9.49. The standard InChI is InChI=1S/C14H16N2O4/c1-9(17)10-4-2-5-11(8-10)15-14(20)16-7-3-6-12(16)13(18)19/h2,4-5,8,12H,3,6-7H2,1H3,(H,15,20)(H,18,19). The predicted molar refractivity (Wildman–Crippen MR) is 72.8 cm³/mol. The average molecular weight is 276 g/mol. The molecule has 1 aliphatic rings. The number of aliphatic carboxylic acids is 1. The van der Waals surface area contributed by atoms with E-state index in [0.717, 1.165) is 0 Å². The van der Waals surface area contributed by atoms with Crippen LogP contribution in [0.5, 0.6) is 0 Å². The Kier molecular flexibility index (Phi) is 4.02. The summed E-state index contributed by atoms with van der Waals surface area (Å²) in [6.45, 7) is 1.87. The molecule has 0 saturated carbocycles. The molecule has 1 atom stereocenters. The number of benzene rings is 1. The van der Waals surface area contributed by atoms with Crippen molar-refractivity contribution in [3.63, 3.8) is 0 Å². The number of hydrogen-bond donors (Lipinski definition) is 2. The molecule has 2 rings (SSSR count). The van der Waals surface area contributed by atoms with Gasteiger partial charge in [-0.3, -0.25) is 4.79 Å². The average Bonchev–Trinajstić information content (AvgIpc) is 2.88. The summed E-state index contributed by atoms with van der Waals surface area (Å²) in [7, 11) is 0. The quantitative estimate of drug-likeness (QED) is 0.826. The second-order valence-electron chi connectivity index (χ2n) is 4.76. The first kappa shape index (κ1) is 14.0. The molecule has 0 spiro atoms. The zero-order valence-electron chi connectivity index (χ0n) is 11.1. The van der Waals surface area contributed by atoms with E-state index in [4.69, 9.17) is 5.11 Å². The summed E-state index contributed by atoms with van der Waals surface area (Å²) >= 11 is 0. The van der Waals surface area contributed by atoms with E-state index in [-0.39, 0.29) is 5.78 Å². The lowest BCUT2D eigenvalue weighted by molar-refractivity contribution is -0.141. The number of rotatable bonds is 3. The van der Waals surface area contributed by atoms with Crippen molar-refractivity contribution in [1.29, 1.82) is 0 Å². The molecule has 6 heteroatoms. The van der Waals surface area contributed by atoms with Gasteiger partial charge in [0.05, 0.1) is 0 Å². The number of urea groups is 1. The fourth-order valence-corrected chi connectivity index (χ4v) is 2.28. The fourth-order valence-electron chi connectivity index (χ4n) is 2.28. The molecule has 1 saturated heterocycles. The number of carboxylic acids is 1. The van der Waals surface area contributed by atoms with Crippen LogP contribution >= 0.6 is 0 Å². The van der Waals surface area contributed by atoms with E-state index < -0.39 is 18.0 Å². The van der Waals surface area contributed by atoms with Crippen LogP contribution in [-0.4, -0.2) is 40.4 Å². The molecule has 0 aromatic heterocycles. The number of anilines is 1.